The highest BCUT2D eigenvalue weighted by Gasteiger charge is 2.17. The van der Waals surface area contributed by atoms with E-state index >= 15 is 0 Å². The van der Waals surface area contributed by atoms with Crippen molar-refractivity contribution in [2.24, 2.45) is 0 Å². The van der Waals surface area contributed by atoms with Crippen molar-refractivity contribution in [3.05, 3.63) is 0 Å². The average Bonchev–Trinajstić information content (AvgIpc) is 2.37. The van der Waals surface area contributed by atoms with Gasteiger partial charge in [0.15, 0.2) is 0 Å². The molecule has 6 nitrogen and oxygen atoms in total. The summed E-state index contributed by atoms with van der Waals surface area (Å²) in [5.74, 6) is -0.272. The summed E-state index contributed by atoms with van der Waals surface area (Å²) in [6, 6.07) is 0. The van der Waals surface area contributed by atoms with Crippen molar-refractivity contribution in [3.63, 3.8) is 0 Å². The Labute approximate surface area is 115 Å². The lowest BCUT2D eigenvalue weighted by molar-refractivity contribution is -0.137. The minimum Gasteiger partial charge on any atom is -0.481 e. The fourth-order valence-electron chi connectivity index (χ4n) is 2.14. The molecule has 0 spiro atoms. The van der Waals surface area contributed by atoms with Gasteiger partial charge in [0.25, 0.3) is 0 Å². The molecule has 0 aromatic rings. The Kier molecular flexibility index (Phi) is 6.74. The molecule has 0 radical (unpaired) electrons. The first kappa shape index (κ1) is 16.4. The molecule has 19 heavy (non-hydrogen) atoms. The van der Waals surface area contributed by atoms with E-state index in [1.807, 2.05) is 0 Å². The number of carboxylic acid groups (broad SMARTS) is 1. The smallest absolute Gasteiger partial charge is 0.304 e. The predicted octanol–water partition coefficient (Wildman–Crippen LogP) is -0.0965. The molecule has 0 unspecified atom stereocenters. The Morgan fingerprint density at radius 2 is 1.63 bits per heavy atom. The second-order valence-electron chi connectivity index (χ2n) is 4.92. The van der Waals surface area contributed by atoms with E-state index in [2.05, 4.69) is 9.80 Å². The molecule has 1 aliphatic heterocycles. The summed E-state index contributed by atoms with van der Waals surface area (Å²) in [7, 11) is -2.85. The molecule has 0 aromatic carbocycles. The maximum atomic E-state index is 11.4. The number of aliphatic carboxylic acids is 1. The number of nitrogens with zero attached hydrogens (tertiary/aromatic N) is 2. The lowest BCUT2D eigenvalue weighted by Crippen LogP contribution is -2.47. The molecule has 1 N–H and O–H groups in total. The van der Waals surface area contributed by atoms with Crippen molar-refractivity contribution in [3.8, 4) is 0 Å². The zero-order valence-electron chi connectivity index (χ0n) is 11.5. The van der Waals surface area contributed by atoms with Crippen LogP contribution in [0.4, 0.5) is 0 Å². The van der Waals surface area contributed by atoms with Crippen LogP contribution in [0.5, 0.6) is 0 Å². The molecule has 1 rings (SSSR count). The van der Waals surface area contributed by atoms with E-state index in [1.165, 1.54) is 0 Å². The lowest BCUT2D eigenvalue weighted by Gasteiger charge is -2.34. The van der Waals surface area contributed by atoms with Gasteiger partial charge in [0.2, 0.25) is 0 Å². The van der Waals surface area contributed by atoms with Gasteiger partial charge in [-0.15, -0.1) is 0 Å². The van der Waals surface area contributed by atoms with Crippen molar-refractivity contribution >= 4 is 15.8 Å². The van der Waals surface area contributed by atoms with E-state index in [0.717, 1.165) is 32.7 Å². The lowest BCUT2D eigenvalue weighted by atomic mass is 10.2. The minimum atomic E-state index is -2.85. The largest absolute Gasteiger partial charge is 0.481 e. The second kappa shape index (κ2) is 7.81. The quantitative estimate of drug-likeness (QED) is 0.673. The molecule has 1 aliphatic rings. The van der Waals surface area contributed by atoms with Gasteiger partial charge >= 0.3 is 5.97 Å². The van der Waals surface area contributed by atoms with Gasteiger partial charge in [-0.1, -0.05) is 6.92 Å². The third-order valence-corrected chi connectivity index (χ3v) is 5.27. The average molecular weight is 292 g/mol. The molecule has 1 fully saturated rings. The molecular formula is C12H24N2O4S. The summed E-state index contributed by atoms with van der Waals surface area (Å²) in [4.78, 5) is 14.9. The van der Waals surface area contributed by atoms with Crippen LogP contribution in [0.15, 0.2) is 0 Å². The van der Waals surface area contributed by atoms with Crippen LogP contribution in [0.3, 0.4) is 0 Å². The number of piperazine rings is 1. The third-order valence-electron chi connectivity index (χ3n) is 3.48. The summed E-state index contributed by atoms with van der Waals surface area (Å²) in [5, 5.41) is 8.62. The highest BCUT2D eigenvalue weighted by atomic mass is 32.2. The number of sulfone groups is 1. The first-order valence-electron chi connectivity index (χ1n) is 6.80. The van der Waals surface area contributed by atoms with E-state index in [0.29, 0.717) is 13.0 Å². The molecule has 1 saturated heterocycles. The van der Waals surface area contributed by atoms with Crippen molar-refractivity contribution in [1.82, 2.24) is 9.80 Å². The predicted molar refractivity (Wildman–Crippen MR) is 74.1 cm³/mol. The summed E-state index contributed by atoms with van der Waals surface area (Å²) >= 11 is 0. The Morgan fingerprint density at radius 3 is 2.11 bits per heavy atom. The Hall–Kier alpha value is -0.660. The molecule has 0 aliphatic carbocycles. The van der Waals surface area contributed by atoms with Crippen LogP contribution < -0.4 is 0 Å². The van der Waals surface area contributed by atoms with Crippen LogP contribution >= 0.6 is 0 Å². The Bertz CT molecular complexity index is 375. The molecular weight excluding hydrogens is 268 g/mol. The van der Waals surface area contributed by atoms with Gasteiger partial charge in [0.1, 0.15) is 9.84 Å². The number of carbonyl (C=O) groups is 1. The van der Waals surface area contributed by atoms with Gasteiger partial charge < -0.3 is 14.9 Å². The van der Waals surface area contributed by atoms with Gasteiger partial charge in [0, 0.05) is 38.5 Å². The third kappa shape index (κ3) is 6.89. The molecule has 7 heteroatoms. The summed E-state index contributed by atoms with van der Waals surface area (Å²) in [6.45, 7) is 6.62. The first-order valence-corrected chi connectivity index (χ1v) is 8.62. The summed E-state index contributed by atoms with van der Waals surface area (Å²) in [6.07, 6.45) is 0.875. The highest BCUT2D eigenvalue weighted by Crippen LogP contribution is 2.04. The van der Waals surface area contributed by atoms with E-state index < -0.39 is 15.8 Å². The zero-order valence-corrected chi connectivity index (χ0v) is 12.4. The van der Waals surface area contributed by atoms with Crippen molar-refractivity contribution < 1.29 is 18.3 Å². The number of hydrogen-bond acceptors (Lipinski definition) is 5. The van der Waals surface area contributed by atoms with E-state index in [4.69, 9.17) is 5.11 Å². The first-order chi connectivity index (χ1) is 8.93. The maximum absolute atomic E-state index is 11.4. The van der Waals surface area contributed by atoms with Crippen LogP contribution in [0.25, 0.3) is 0 Å². The zero-order chi connectivity index (χ0) is 14.3. The molecule has 0 bridgehead atoms. The maximum Gasteiger partial charge on any atom is 0.304 e. The highest BCUT2D eigenvalue weighted by molar-refractivity contribution is 7.91. The number of carboxylic acids is 1. The minimum absolute atomic E-state index is 0.189. The van der Waals surface area contributed by atoms with Gasteiger partial charge in [-0.2, -0.15) is 0 Å². The van der Waals surface area contributed by atoms with Crippen LogP contribution in [-0.2, 0) is 14.6 Å². The van der Waals surface area contributed by atoms with Crippen molar-refractivity contribution in [1.29, 1.82) is 0 Å². The number of rotatable bonds is 8. The molecule has 0 aromatic heterocycles. The Morgan fingerprint density at radius 1 is 1.11 bits per heavy atom. The van der Waals surface area contributed by atoms with Gasteiger partial charge in [-0.25, -0.2) is 8.42 Å². The van der Waals surface area contributed by atoms with Gasteiger partial charge in [-0.05, 0) is 13.0 Å². The standard InChI is InChI=1S/C12H24N2O4S/c1-2-19(17,18)11-3-5-13-7-9-14(10-8-13)6-4-12(15)16/h2-11H2,1H3,(H,15,16). The molecule has 0 saturated carbocycles. The summed E-state index contributed by atoms with van der Waals surface area (Å²) < 4.78 is 22.7. The van der Waals surface area contributed by atoms with Gasteiger partial charge in [-0.3, -0.25) is 4.79 Å². The van der Waals surface area contributed by atoms with Crippen LogP contribution in [0.1, 0.15) is 19.8 Å². The fraction of sp³-hybridized carbons (Fsp3) is 0.917. The Balaban J connectivity index is 2.15. The molecule has 0 amide bonds. The SMILES string of the molecule is CCS(=O)(=O)CCCN1CCN(CCC(=O)O)CC1. The van der Waals surface area contributed by atoms with E-state index in [-0.39, 0.29) is 17.9 Å². The molecule has 1 heterocycles. The van der Waals surface area contributed by atoms with Crippen LogP contribution in [0, 0.1) is 0 Å². The van der Waals surface area contributed by atoms with Crippen molar-refractivity contribution in [2.75, 3.05) is 50.8 Å². The van der Waals surface area contributed by atoms with Crippen LogP contribution in [-0.4, -0.2) is 80.1 Å². The van der Waals surface area contributed by atoms with Crippen molar-refractivity contribution in [2.45, 2.75) is 19.8 Å². The fourth-order valence-corrected chi connectivity index (χ4v) is 3.00. The monoisotopic (exact) mass is 292 g/mol. The van der Waals surface area contributed by atoms with E-state index in [9.17, 15) is 13.2 Å². The molecule has 0 atom stereocenters. The van der Waals surface area contributed by atoms with E-state index in [1.54, 1.807) is 6.92 Å². The van der Waals surface area contributed by atoms with Crippen LogP contribution in [0.2, 0.25) is 0 Å². The normalized spacial score (nSPS) is 18.6. The van der Waals surface area contributed by atoms with Gasteiger partial charge in [0.05, 0.1) is 12.2 Å². The molecule has 112 valence electrons. The topological polar surface area (TPSA) is 77.9 Å². The summed E-state index contributed by atoms with van der Waals surface area (Å²) in [5.41, 5.74) is 0. The number of hydrogen-bond donors (Lipinski definition) is 1. The second-order valence-corrected chi connectivity index (χ2v) is 7.39.